The molecule has 0 saturated heterocycles. The van der Waals surface area contributed by atoms with Crippen molar-refractivity contribution in [1.29, 1.82) is 5.26 Å². The molecule has 12 rings (SSSR count). The predicted molar refractivity (Wildman–Crippen MR) is 248 cm³/mol. The summed E-state index contributed by atoms with van der Waals surface area (Å²) in [6.07, 6.45) is 0. The summed E-state index contributed by atoms with van der Waals surface area (Å²) < 4.78 is 5.09. The fraction of sp³-hybridized carbons (Fsp3) is 0.113. The molecule has 0 atom stereocenters. The number of para-hydroxylation sites is 2. The van der Waals surface area contributed by atoms with Gasteiger partial charge in [-0.25, -0.2) is 0 Å². The highest BCUT2D eigenvalue weighted by Gasteiger charge is 2.41. The third-order valence-electron chi connectivity index (χ3n) is 13.1. The fourth-order valence-corrected chi connectivity index (χ4v) is 12.7. The monoisotopic (exact) mass is 779 g/mol. The minimum absolute atomic E-state index is 0.222. The summed E-state index contributed by atoms with van der Waals surface area (Å²) in [4.78, 5) is 4.96. The van der Waals surface area contributed by atoms with Crippen LogP contribution in [0, 0.1) is 11.3 Å². The van der Waals surface area contributed by atoms with Crippen molar-refractivity contribution in [3.8, 4) is 6.07 Å². The Kier molecular flexibility index (Phi) is 6.85. The molecule has 4 heterocycles. The van der Waals surface area contributed by atoms with Crippen molar-refractivity contribution in [2.75, 3.05) is 9.80 Å². The van der Waals surface area contributed by atoms with Gasteiger partial charge in [0.1, 0.15) is 6.07 Å². The van der Waals surface area contributed by atoms with Crippen LogP contribution in [0.3, 0.4) is 0 Å². The molecule has 2 aromatic heterocycles. The Morgan fingerprint density at radius 2 is 0.862 bits per heavy atom. The maximum absolute atomic E-state index is 11.1. The Hall–Kier alpha value is -6.45. The summed E-state index contributed by atoms with van der Waals surface area (Å²) in [5.74, 6) is 0. The third kappa shape index (κ3) is 4.31. The van der Waals surface area contributed by atoms with E-state index in [1.807, 2.05) is 22.7 Å². The highest BCUT2D eigenvalue weighted by atomic mass is 32.1. The lowest BCUT2D eigenvalue weighted by atomic mass is 9.73. The average Bonchev–Trinajstić information content (AvgIpc) is 3.83. The van der Waals surface area contributed by atoms with Crippen molar-refractivity contribution >= 4 is 108 Å². The Labute approximate surface area is 345 Å². The van der Waals surface area contributed by atoms with Gasteiger partial charge >= 0.3 is 0 Å². The Bertz CT molecular complexity index is 3450. The molecule has 58 heavy (non-hydrogen) atoms. The Morgan fingerprint density at radius 1 is 0.397 bits per heavy atom. The minimum Gasteiger partial charge on any atom is -0.308 e. The predicted octanol–water partition coefficient (Wildman–Crippen LogP) is 15.7. The molecule has 0 saturated carbocycles. The van der Waals surface area contributed by atoms with E-state index in [0.717, 1.165) is 27.8 Å². The van der Waals surface area contributed by atoms with Crippen LogP contribution in [-0.4, -0.2) is 0 Å². The lowest BCUT2D eigenvalue weighted by Crippen LogP contribution is -2.31. The van der Waals surface area contributed by atoms with Gasteiger partial charge in [0, 0.05) is 52.5 Å². The van der Waals surface area contributed by atoms with E-state index in [-0.39, 0.29) is 10.8 Å². The highest BCUT2D eigenvalue weighted by Crippen LogP contribution is 2.60. The van der Waals surface area contributed by atoms with Gasteiger partial charge in [-0.15, -0.1) is 22.7 Å². The number of nitrogens with zero attached hydrogens (tertiary/aromatic N) is 3. The normalized spacial score (nSPS) is 15.1. The van der Waals surface area contributed by atoms with E-state index >= 15 is 0 Å². The molecule has 3 nitrogen and oxygen atoms in total. The molecule has 0 bridgehead atoms. The second kappa shape index (κ2) is 11.8. The third-order valence-corrected chi connectivity index (χ3v) is 15.5. The van der Waals surface area contributed by atoms with Crippen molar-refractivity contribution in [3.05, 3.63) is 179 Å². The molecule has 276 valence electrons. The molecule has 10 aromatic rings. The molecular formula is C53H37N3S2. The first-order valence-corrected chi connectivity index (χ1v) is 21.6. The molecule has 8 aromatic carbocycles. The van der Waals surface area contributed by atoms with Crippen LogP contribution in [0.15, 0.2) is 152 Å². The van der Waals surface area contributed by atoms with E-state index in [9.17, 15) is 5.26 Å². The van der Waals surface area contributed by atoms with Crippen LogP contribution in [0.5, 0.6) is 0 Å². The summed E-state index contributed by atoms with van der Waals surface area (Å²) in [6.45, 7) is 9.41. The van der Waals surface area contributed by atoms with Gasteiger partial charge in [-0.2, -0.15) is 5.26 Å². The van der Waals surface area contributed by atoms with Gasteiger partial charge in [0.25, 0.3) is 0 Å². The number of hydrogen-bond acceptors (Lipinski definition) is 5. The van der Waals surface area contributed by atoms with Crippen LogP contribution < -0.4 is 9.80 Å². The van der Waals surface area contributed by atoms with Crippen LogP contribution in [0.25, 0.3) is 51.1 Å². The van der Waals surface area contributed by atoms with Gasteiger partial charge in [0.15, 0.2) is 0 Å². The Morgan fingerprint density at radius 3 is 1.45 bits per heavy atom. The molecule has 0 fully saturated rings. The molecule has 0 radical (unpaired) electrons. The first kappa shape index (κ1) is 33.7. The van der Waals surface area contributed by atoms with E-state index in [2.05, 4.69) is 195 Å². The zero-order valence-electron chi connectivity index (χ0n) is 32.6. The second-order valence-corrected chi connectivity index (χ2v) is 18.9. The smallest absolute Gasteiger partial charge is 0.101 e. The Balaban J connectivity index is 1.20. The van der Waals surface area contributed by atoms with Crippen LogP contribution in [0.4, 0.5) is 34.1 Å². The van der Waals surface area contributed by atoms with Gasteiger partial charge < -0.3 is 9.80 Å². The van der Waals surface area contributed by atoms with Crippen LogP contribution in [0.1, 0.15) is 55.5 Å². The quantitative estimate of drug-likeness (QED) is 0.175. The second-order valence-electron chi connectivity index (χ2n) is 16.8. The molecule has 0 unspecified atom stereocenters. The van der Waals surface area contributed by atoms with E-state index in [1.54, 1.807) is 0 Å². The van der Waals surface area contributed by atoms with E-state index in [0.29, 0.717) is 5.56 Å². The van der Waals surface area contributed by atoms with Gasteiger partial charge in [0.05, 0.1) is 49.1 Å². The van der Waals surface area contributed by atoms with Crippen LogP contribution in [0.2, 0.25) is 0 Å². The number of benzene rings is 8. The van der Waals surface area contributed by atoms with Crippen molar-refractivity contribution in [3.63, 3.8) is 0 Å². The maximum atomic E-state index is 11.1. The van der Waals surface area contributed by atoms with Crippen molar-refractivity contribution in [2.24, 2.45) is 0 Å². The standard InChI is InChI=1S/C53H37N3S2/c1-52(2)38-17-7-9-19-43(38)55(48-40(52)28-26-36-33-14-5-11-22-45(33)57-50(36)48)42-21-13-16-35-32(42)25-24-31(30-54)47(35)56-44-20-10-8-18-39(44)53(3,4)41-29-27-37-34-15-6-12-23-46(34)58-51(37)49(41)56/h5-29H,1-4H3. The number of nitriles is 1. The number of thiophene rings is 2. The molecule has 0 aliphatic carbocycles. The van der Waals surface area contributed by atoms with Gasteiger partial charge in [0.2, 0.25) is 0 Å². The fourth-order valence-electron chi connectivity index (χ4n) is 10.3. The summed E-state index contributed by atoms with van der Waals surface area (Å²) in [7, 11) is 0. The SMILES string of the molecule is CC1(C)c2ccccc2N(c2cccc3c(N4c5ccccc5C(C)(C)c5ccc6c(sc7ccccc76)c54)c(C#N)ccc23)c2c1ccc1c2sc2ccccc21. The summed E-state index contributed by atoms with van der Waals surface area (Å²) in [5.41, 5.74) is 12.0. The van der Waals surface area contributed by atoms with Gasteiger partial charge in [-0.1, -0.05) is 143 Å². The van der Waals surface area contributed by atoms with Crippen molar-refractivity contribution < 1.29 is 0 Å². The number of anilines is 6. The topological polar surface area (TPSA) is 30.3 Å². The number of hydrogen-bond donors (Lipinski definition) is 0. The first-order valence-electron chi connectivity index (χ1n) is 19.9. The summed E-state index contributed by atoms with van der Waals surface area (Å²) >= 11 is 3.73. The molecular weight excluding hydrogens is 743 g/mol. The number of rotatable bonds is 2. The summed E-state index contributed by atoms with van der Waals surface area (Å²) in [5, 5.41) is 18.3. The molecule has 0 N–H and O–H groups in total. The molecule has 5 heteroatoms. The number of fused-ring (bicyclic) bond motifs is 13. The van der Waals surface area contributed by atoms with Crippen LogP contribution >= 0.6 is 22.7 Å². The first-order chi connectivity index (χ1) is 28.3. The van der Waals surface area contributed by atoms with Crippen molar-refractivity contribution in [1.82, 2.24) is 0 Å². The molecule has 0 amide bonds. The van der Waals surface area contributed by atoms with Gasteiger partial charge in [-0.05, 0) is 58.7 Å². The lowest BCUT2D eigenvalue weighted by Gasteiger charge is -2.43. The zero-order chi connectivity index (χ0) is 39.1. The van der Waals surface area contributed by atoms with E-state index in [4.69, 9.17) is 0 Å². The molecule has 2 aliphatic heterocycles. The average molecular weight is 780 g/mol. The van der Waals surface area contributed by atoms with E-state index in [1.165, 1.54) is 79.7 Å². The molecule has 0 spiro atoms. The maximum Gasteiger partial charge on any atom is 0.101 e. The lowest BCUT2D eigenvalue weighted by molar-refractivity contribution is 0.633. The zero-order valence-corrected chi connectivity index (χ0v) is 34.2. The highest BCUT2D eigenvalue weighted by molar-refractivity contribution is 7.26. The minimum atomic E-state index is -0.265. The van der Waals surface area contributed by atoms with Crippen LogP contribution in [-0.2, 0) is 10.8 Å². The summed E-state index contributed by atoms with van der Waals surface area (Å²) in [6, 6.07) is 58.2. The largest absolute Gasteiger partial charge is 0.308 e. The molecule has 2 aliphatic rings. The van der Waals surface area contributed by atoms with Gasteiger partial charge in [-0.3, -0.25) is 0 Å². The van der Waals surface area contributed by atoms with E-state index < -0.39 is 0 Å². The van der Waals surface area contributed by atoms with Crippen molar-refractivity contribution in [2.45, 2.75) is 38.5 Å².